The maximum Gasteiger partial charge on any atom is -0.147 e. The van der Waals surface area contributed by atoms with E-state index in [1.54, 1.807) is 0 Å². The third-order valence-electron chi connectivity index (χ3n) is 4.78. The summed E-state index contributed by atoms with van der Waals surface area (Å²) in [6, 6.07) is 0. The van der Waals surface area contributed by atoms with Crippen LogP contribution < -0.4 is 0 Å². The maximum absolute atomic E-state index is 2.50. The van der Waals surface area contributed by atoms with Crippen molar-refractivity contribution in [3.05, 3.63) is 0 Å². The van der Waals surface area contributed by atoms with Crippen LogP contribution in [-0.4, -0.2) is 26.2 Å². The molecule has 0 amide bonds. The molecule has 0 N–H and O–H groups in total. The van der Waals surface area contributed by atoms with Gasteiger partial charge in [0, 0.05) is 0 Å². The Hall–Kier alpha value is 0.720. The van der Waals surface area contributed by atoms with Crippen molar-refractivity contribution in [1.29, 1.82) is 0 Å². The molecule has 0 rings (SSSR count). The first kappa shape index (κ1) is 26.0. The molecule has 0 aromatic rings. The van der Waals surface area contributed by atoms with Gasteiger partial charge in [-0.05, 0) is 0 Å². The normalized spacial score (nSPS) is 12.2. The van der Waals surface area contributed by atoms with Crippen LogP contribution >= 0.6 is 19.7 Å². The molecule has 0 fully saturated rings. The van der Waals surface area contributed by atoms with Crippen molar-refractivity contribution in [3.63, 3.8) is 0 Å². The Bertz CT molecular complexity index is 210. The van der Waals surface area contributed by atoms with Gasteiger partial charge in [-0.25, -0.2) is 0 Å². The molecule has 0 aliphatic rings. The van der Waals surface area contributed by atoms with Gasteiger partial charge >= 0.3 is 104 Å². The molecule has 0 unspecified atom stereocenters. The summed E-state index contributed by atoms with van der Waals surface area (Å²) in [6.07, 6.45) is 25.2. The Kier molecular flexibility index (Phi) is 21.5. The zero-order valence-electron chi connectivity index (χ0n) is 16.9. The summed E-state index contributed by atoms with van der Waals surface area (Å²) in [5.41, 5.74) is 0. The van der Waals surface area contributed by atoms with E-state index in [1.807, 2.05) is 0 Å². The monoisotopic (exact) mass is 366 g/mol. The van der Waals surface area contributed by atoms with Gasteiger partial charge in [-0.15, -0.1) is 12.4 Å². The van der Waals surface area contributed by atoms with Crippen molar-refractivity contribution in [3.8, 4) is 0 Å². The number of hydrogen-bond donors (Lipinski definition) is 0. The van der Waals surface area contributed by atoms with Gasteiger partial charge in [0.25, 0.3) is 0 Å². The molecule has 2 heteroatoms. The number of rotatable bonds is 17. The van der Waals surface area contributed by atoms with E-state index in [2.05, 4.69) is 26.9 Å². The van der Waals surface area contributed by atoms with Gasteiger partial charge in [0.05, 0.1) is 0 Å². The second-order valence-corrected chi connectivity index (χ2v) is 14.2. The van der Waals surface area contributed by atoms with Gasteiger partial charge in [-0.1, -0.05) is 39.0 Å². The molecule has 23 heavy (non-hydrogen) atoms. The maximum atomic E-state index is 2.50. The molecule has 0 heterocycles. The Morgan fingerprint density at radius 3 is 0.957 bits per heavy atom. The van der Waals surface area contributed by atoms with Crippen LogP contribution in [0.2, 0.25) is 0 Å². The molecule has 0 atom stereocenters. The summed E-state index contributed by atoms with van der Waals surface area (Å²) in [5.74, 6) is 0. The minimum atomic E-state index is -0.764. The third kappa shape index (κ3) is 25.1. The van der Waals surface area contributed by atoms with Crippen LogP contribution in [0, 0.1) is 0 Å². The van der Waals surface area contributed by atoms with Gasteiger partial charge in [0.2, 0.25) is 0 Å². The molecular weight excluding hydrogens is 319 g/mol. The smallest absolute Gasteiger partial charge is 0.147 e. The van der Waals surface area contributed by atoms with E-state index >= 15 is 0 Å². The zero-order valence-corrected chi connectivity index (χ0v) is 18.7. The van der Waals surface area contributed by atoms with E-state index in [4.69, 9.17) is 0 Å². The van der Waals surface area contributed by atoms with Crippen molar-refractivity contribution in [2.24, 2.45) is 0 Å². The summed E-state index contributed by atoms with van der Waals surface area (Å²) >= 11 is 0. The largest absolute Gasteiger partial charge is 0.147 e. The fraction of sp³-hybridized carbons (Fsp3) is 1.00. The van der Waals surface area contributed by atoms with Gasteiger partial charge in [0.15, 0.2) is 0 Å². The Morgan fingerprint density at radius 1 is 0.435 bits per heavy atom. The Morgan fingerprint density at radius 2 is 0.696 bits per heavy atom. The van der Waals surface area contributed by atoms with Crippen molar-refractivity contribution in [2.75, 3.05) is 26.2 Å². The molecular formula is C21H48ClP. The minimum absolute atomic E-state index is 0. The number of halogens is 1. The van der Waals surface area contributed by atoms with E-state index in [9.17, 15) is 0 Å². The van der Waals surface area contributed by atoms with Gasteiger partial charge < -0.3 is 0 Å². The summed E-state index contributed by atoms with van der Waals surface area (Å²) in [7, 11) is -0.764. The fourth-order valence-corrected chi connectivity index (χ4v) is 4.51. The second kappa shape index (κ2) is 19.1. The SMILES string of the molecule is CCCCCCCCCCCCCCCCCC[PH](C)(C)C.Cl. The van der Waals surface area contributed by atoms with Crippen LogP contribution in [0.5, 0.6) is 0 Å². The quantitative estimate of drug-likeness (QED) is 0.179. The standard InChI is InChI=1S/C21H47P.ClH/c1-5-6-7-8-9-10-11-12-13-14-15-16-17-18-19-20-21-22(2,3)4;/h22H,5-21H2,1-4H3;1H. The molecule has 144 valence electrons. The van der Waals surface area contributed by atoms with Gasteiger partial charge in [0.1, 0.15) is 0 Å². The predicted octanol–water partition coefficient (Wildman–Crippen LogP) is 8.31. The first-order valence-electron chi connectivity index (χ1n) is 10.6. The van der Waals surface area contributed by atoms with Crippen molar-refractivity contribution in [1.82, 2.24) is 0 Å². The van der Waals surface area contributed by atoms with Crippen LogP contribution in [-0.2, 0) is 0 Å². The summed E-state index contributed by atoms with van der Waals surface area (Å²) < 4.78 is 0. The topological polar surface area (TPSA) is 0 Å². The van der Waals surface area contributed by atoms with E-state index in [1.165, 1.54) is 109 Å². The van der Waals surface area contributed by atoms with Crippen LogP contribution in [0.1, 0.15) is 110 Å². The Labute approximate surface area is 155 Å². The van der Waals surface area contributed by atoms with Crippen LogP contribution in [0.25, 0.3) is 0 Å². The molecule has 0 saturated heterocycles. The molecule has 0 spiro atoms. The van der Waals surface area contributed by atoms with E-state index in [0.717, 1.165) is 0 Å². The van der Waals surface area contributed by atoms with E-state index < -0.39 is 7.26 Å². The first-order valence-corrected chi connectivity index (χ1v) is 14.3. The average molecular weight is 367 g/mol. The Balaban J connectivity index is 0. The number of unbranched alkanes of at least 4 members (excludes halogenated alkanes) is 15. The molecule has 0 aliphatic carbocycles. The van der Waals surface area contributed by atoms with E-state index in [-0.39, 0.29) is 12.4 Å². The summed E-state index contributed by atoms with van der Waals surface area (Å²) in [4.78, 5) is 0. The van der Waals surface area contributed by atoms with E-state index in [0.29, 0.717) is 0 Å². The van der Waals surface area contributed by atoms with Crippen LogP contribution in [0.3, 0.4) is 0 Å². The summed E-state index contributed by atoms with van der Waals surface area (Å²) in [6.45, 7) is 9.79. The molecule has 0 aromatic heterocycles. The molecule has 0 radical (unpaired) electrons. The molecule has 0 saturated carbocycles. The fourth-order valence-electron chi connectivity index (χ4n) is 3.20. The van der Waals surface area contributed by atoms with Gasteiger partial charge in [-0.2, -0.15) is 0 Å². The predicted molar refractivity (Wildman–Crippen MR) is 118 cm³/mol. The molecule has 0 aliphatic heterocycles. The second-order valence-electron chi connectivity index (χ2n) is 8.61. The molecule has 0 aromatic carbocycles. The molecule has 0 bridgehead atoms. The van der Waals surface area contributed by atoms with Crippen molar-refractivity contribution >= 4 is 19.7 Å². The molecule has 0 nitrogen and oxygen atoms in total. The van der Waals surface area contributed by atoms with Crippen molar-refractivity contribution < 1.29 is 0 Å². The third-order valence-corrected chi connectivity index (χ3v) is 6.63. The number of hydrogen-bond acceptors (Lipinski definition) is 0. The van der Waals surface area contributed by atoms with Gasteiger partial charge in [-0.3, -0.25) is 0 Å². The average Bonchev–Trinajstić information content (AvgIpc) is 2.45. The minimum Gasteiger partial charge on any atom is -0.147 e. The summed E-state index contributed by atoms with van der Waals surface area (Å²) in [5, 5.41) is 0. The van der Waals surface area contributed by atoms with Crippen molar-refractivity contribution in [2.45, 2.75) is 110 Å². The first-order chi connectivity index (χ1) is 10.6. The van der Waals surface area contributed by atoms with Crippen LogP contribution in [0.4, 0.5) is 0 Å². The zero-order chi connectivity index (χ0) is 16.5. The van der Waals surface area contributed by atoms with Crippen LogP contribution in [0.15, 0.2) is 0 Å².